The fourth-order valence-corrected chi connectivity index (χ4v) is 2.22. The number of hydrogen-bond acceptors (Lipinski definition) is 4. The van der Waals surface area contributed by atoms with Crippen molar-refractivity contribution in [2.75, 3.05) is 7.11 Å². The van der Waals surface area contributed by atoms with Gasteiger partial charge in [-0.15, -0.1) is 0 Å². The van der Waals surface area contributed by atoms with Crippen molar-refractivity contribution in [1.29, 1.82) is 0 Å². The number of rotatable bonds is 4. The maximum atomic E-state index is 11.2. The molecule has 0 aliphatic heterocycles. The van der Waals surface area contributed by atoms with Crippen LogP contribution in [-0.4, -0.2) is 37.4 Å². The first kappa shape index (κ1) is 13.7. The average Bonchev–Trinajstić information content (AvgIpc) is 2.73. The van der Waals surface area contributed by atoms with Crippen molar-refractivity contribution in [2.24, 2.45) is 0 Å². The fraction of sp³-hybridized carbons (Fsp3) is 0.200. The summed E-state index contributed by atoms with van der Waals surface area (Å²) in [5.41, 5.74) is 0.0408. The summed E-state index contributed by atoms with van der Waals surface area (Å²) in [7, 11) is -3.26. The van der Waals surface area contributed by atoms with Gasteiger partial charge in [0.2, 0.25) is 0 Å². The average molecular weight is 286 g/mol. The van der Waals surface area contributed by atoms with Gasteiger partial charge in [-0.25, -0.2) is 9.78 Å². The molecule has 2 heterocycles. The van der Waals surface area contributed by atoms with Crippen LogP contribution in [0.4, 0.5) is 0 Å². The van der Waals surface area contributed by atoms with Gasteiger partial charge in [-0.3, -0.25) is 8.97 Å². The third-order valence-electron chi connectivity index (χ3n) is 2.54. The van der Waals surface area contributed by atoms with Crippen LogP contribution in [0.5, 0.6) is 0 Å². The van der Waals surface area contributed by atoms with Gasteiger partial charge in [-0.1, -0.05) is 6.07 Å². The molecule has 0 aliphatic carbocycles. The smallest absolute Gasteiger partial charge is 0.376 e. The summed E-state index contributed by atoms with van der Waals surface area (Å²) in [6.45, 7) is 0. The molecule has 3 N–H and O–H groups in total. The number of fused-ring (bicyclic) bond motifs is 1. The molecule has 0 amide bonds. The first-order chi connectivity index (χ1) is 8.84. The highest BCUT2D eigenvalue weighted by Gasteiger charge is 2.25. The normalized spacial score (nSPS) is 13.6. The molecule has 0 saturated heterocycles. The van der Waals surface area contributed by atoms with Gasteiger partial charge in [-0.2, -0.15) is 0 Å². The van der Waals surface area contributed by atoms with Crippen LogP contribution in [-0.2, 0) is 14.1 Å². The van der Waals surface area contributed by atoms with Crippen LogP contribution in [0.3, 0.4) is 0 Å². The Hall–Kier alpha value is -1.73. The Kier molecular flexibility index (Phi) is 3.42. The number of carboxylic acids is 1. The van der Waals surface area contributed by atoms with Gasteiger partial charge in [0.05, 0.1) is 5.69 Å². The minimum absolute atomic E-state index is 0.222. The molecule has 0 aromatic carbocycles. The SMILES string of the molecule is COC(C(=O)O)c1cccc2nc(P(=O)(O)O)cn12. The zero-order valence-corrected chi connectivity index (χ0v) is 10.7. The highest BCUT2D eigenvalue weighted by atomic mass is 31.2. The molecular formula is C10H11N2O6P. The molecule has 0 aliphatic rings. The number of ether oxygens (including phenoxy) is 1. The van der Waals surface area contributed by atoms with Gasteiger partial charge in [0.15, 0.2) is 11.5 Å². The zero-order chi connectivity index (χ0) is 14.2. The summed E-state index contributed by atoms with van der Waals surface area (Å²) < 4.78 is 17.3. The molecule has 0 spiro atoms. The van der Waals surface area contributed by atoms with Crippen LogP contribution in [0.15, 0.2) is 24.4 Å². The first-order valence-electron chi connectivity index (χ1n) is 5.14. The number of hydrogen-bond donors (Lipinski definition) is 3. The van der Waals surface area contributed by atoms with Crippen molar-refractivity contribution in [3.63, 3.8) is 0 Å². The van der Waals surface area contributed by atoms with Crippen LogP contribution >= 0.6 is 7.60 Å². The summed E-state index contributed by atoms with van der Waals surface area (Å²) in [5.74, 6) is -1.21. The highest BCUT2D eigenvalue weighted by molar-refractivity contribution is 7.60. The molecule has 9 heteroatoms. The Balaban J connectivity index is 2.66. The number of carbonyl (C=O) groups is 1. The zero-order valence-electron chi connectivity index (χ0n) is 9.79. The van der Waals surface area contributed by atoms with Crippen molar-refractivity contribution in [1.82, 2.24) is 9.38 Å². The van der Waals surface area contributed by atoms with Crippen molar-refractivity contribution in [3.8, 4) is 0 Å². The van der Waals surface area contributed by atoms with Crippen LogP contribution in [0, 0.1) is 0 Å². The van der Waals surface area contributed by atoms with Gasteiger partial charge >= 0.3 is 13.6 Å². The van der Waals surface area contributed by atoms with Gasteiger partial charge in [-0.05, 0) is 12.1 Å². The van der Waals surface area contributed by atoms with E-state index in [9.17, 15) is 9.36 Å². The lowest BCUT2D eigenvalue weighted by Gasteiger charge is -2.12. The molecule has 0 bridgehead atoms. The molecule has 0 saturated carbocycles. The summed E-state index contributed by atoms with van der Waals surface area (Å²) in [4.78, 5) is 33.0. The lowest BCUT2D eigenvalue weighted by molar-refractivity contribution is -0.149. The Labute approximate surface area is 107 Å². The quantitative estimate of drug-likeness (QED) is 0.671. The highest BCUT2D eigenvalue weighted by Crippen LogP contribution is 2.33. The van der Waals surface area contributed by atoms with Gasteiger partial charge < -0.3 is 19.6 Å². The van der Waals surface area contributed by atoms with Crippen LogP contribution in [0.1, 0.15) is 11.8 Å². The van der Waals surface area contributed by atoms with Crippen LogP contribution in [0.2, 0.25) is 0 Å². The van der Waals surface area contributed by atoms with Gasteiger partial charge in [0.1, 0.15) is 5.65 Å². The minimum atomic E-state index is -4.49. The van der Waals surface area contributed by atoms with E-state index in [4.69, 9.17) is 19.6 Å². The van der Waals surface area contributed by atoms with E-state index < -0.39 is 25.1 Å². The maximum Gasteiger partial charge on any atom is 0.376 e. The number of pyridine rings is 1. The number of aliphatic carboxylic acids is 1. The van der Waals surface area contributed by atoms with E-state index >= 15 is 0 Å². The molecule has 19 heavy (non-hydrogen) atoms. The topological polar surface area (TPSA) is 121 Å². The molecule has 0 radical (unpaired) electrons. The summed E-state index contributed by atoms with van der Waals surface area (Å²) >= 11 is 0. The third kappa shape index (κ3) is 2.52. The molecule has 102 valence electrons. The van der Waals surface area contributed by atoms with Crippen molar-refractivity contribution in [3.05, 3.63) is 30.1 Å². The van der Waals surface area contributed by atoms with Crippen LogP contribution in [0.25, 0.3) is 5.65 Å². The number of nitrogens with zero attached hydrogens (tertiary/aromatic N) is 2. The summed E-state index contributed by atoms with van der Waals surface area (Å²) in [6, 6.07) is 4.54. The Morgan fingerprint density at radius 2 is 2.16 bits per heavy atom. The minimum Gasteiger partial charge on any atom is -0.479 e. The third-order valence-corrected chi connectivity index (χ3v) is 3.35. The number of methoxy groups -OCH3 is 1. The molecule has 2 aromatic rings. The molecular weight excluding hydrogens is 275 g/mol. The maximum absolute atomic E-state index is 11.2. The van der Waals surface area contributed by atoms with E-state index in [1.54, 1.807) is 0 Å². The lowest BCUT2D eigenvalue weighted by atomic mass is 10.2. The Morgan fingerprint density at radius 1 is 1.47 bits per heavy atom. The molecule has 1 unspecified atom stereocenters. The predicted molar refractivity (Wildman–Crippen MR) is 64.3 cm³/mol. The molecule has 1 atom stereocenters. The van der Waals surface area contributed by atoms with Crippen LogP contribution < -0.4 is 5.44 Å². The summed E-state index contributed by atoms with van der Waals surface area (Å²) in [5, 5.41) is 9.04. The molecule has 2 rings (SSSR count). The van der Waals surface area contributed by atoms with Gasteiger partial charge in [0, 0.05) is 13.3 Å². The Bertz CT molecular complexity index is 676. The number of carboxylic acid groups (broad SMARTS) is 1. The van der Waals surface area contributed by atoms with Crippen molar-refractivity contribution in [2.45, 2.75) is 6.10 Å². The predicted octanol–water partition coefficient (Wildman–Crippen LogP) is -0.0906. The Morgan fingerprint density at radius 3 is 2.68 bits per heavy atom. The van der Waals surface area contributed by atoms with Crippen molar-refractivity contribution < 1.29 is 29.0 Å². The lowest BCUT2D eigenvalue weighted by Crippen LogP contribution is -2.16. The van der Waals surface area contributed by atoms with E-state index in [1.807, 2.05) is 0 Å². The standard InChI is InChI=1S/C10H11N2O6P/c1-18-9(10(13)14)6-3-2-4-7-11-8(5-12(6)7)19(15,16)17/h2-5,9H,1H3,(H,13,14)(H2,15,16,17). The second-order valence-corrected chi connectivity index (χ2v) is 5.32. The molecule has 2 aromatic heterocycles. The van der Waals surface area contributed by atoms with E-state index in [0.717, 1.165) is 6.20 Å². The van der Waals surface area contributed by atoms with E-state index in [2.05, 4.69) is 4.98 Å². The second kappa shape index (κ2) is 4.75. The van der Waals surface area contributed by atoms with Gasteiger partial charge in [0.25, 0.3) is 0 Å². The van der Waals surface area contributed by atoms with Crippen molar-refractivity contribution >= 4 is 24.6 Å². The second-order valence-electron chi connectivity index (χ2n) is 3.78. The van der Waals surface area contributed by atoms with E-state index in [-0.39, 0.29) is 11.3 Å². The molecule has 8 nitrogen and oxygen atoms in total. The number of aromatic nitrogens is 2. The summed E-state index contributed by atoms with van der Waals surface area (Å²) in [6.07, 6.45) is -0.136. The first-order valence-corrected chi connectivity index (χ1v) is 6.75. The monoisotopic (exact) mass is 286 g/mol. The van der Waals surface area contributed by atoms with E-state index in [1.165, 1.54) is 29.7 Å². The fourth-order valence-electron chi connectivity index (χ4n) is 1.72. The molecule has 0 fully saturated rings. The van der Waals surface area contributed by atoms with E-state index in [0.29, 0.717) is 0 Å². The number of imidazole rings is 1. The largest absolute Gasteiger partial charge is 0.479 e.